The van der Waals surface area contributed by atoms with Crippen molar-refractivity contribution in [1.29, 1.82) is 0 Å². The number of hydrogen-bond acceptors (Lipinski definition) is 3. The molecule has 2 unspecified atom stereocenters. The molecule has 0 aliphatic carbocycles. The van der Waals surface area contributed by atoms with Crippen molar-refractivity contribution in [2.24, 2.45) is 0 Å². The molecule has 0 fully saturated rings. The highest BCUT2D eigenvalue weighted by molar-refractivity contribution is 9.09. The first kappa shape index (κ1) is 10.2. The van der Waals surface area contributed by atoms with Crippen LogP contribution in [0.1, 0.15) is 23.1 Å². The molecule has 4 nitrogen and oxygen atoms in total. The van der Waals surface area contributed by atoms with Gasteiger partial charge in [0.15, 0.2) is 0 Å². The molecule has 0 amide bonds. The highest BCUT2D eigenvalue weighted by Gasteiger charge is 2.20. The standard InChI is InChI=1S/C8H11BrN2O2/c1-5-8(11-3-10-5)7(9)6(2)13-4-12/h3-4,6-7H,1-2H3,(H,10,11). The predicted octanol–water partition coefficient (Wildman–Crippen LogP) is 1.72. The van der Waals surface area contributed by atoms with Crippen LogP contribution < -0.4 is 0 Å². The quantitative estimate of drug-likeness (QED) is 0.651. The summed E-state index contributed by atoms with van der Waals surface area (Å²) in [5, 5.41) is 0. The summed E-state index contributed by atoms with van der Waals surface area (Å²) in [5.41, 5.74) is 1.84. The fourth-order valence-corrected chi connectivity index (χ4v) is 1.61. The first-order valence-electron chi connectivity index (χ1n) is 3.90. The molecular formula is C8H11BrN2O2. The predicted molar refractivity (Wildman–Crippen MR) is 51.6 cm³/mol. The van der Waals surface area contributed by atoms with Gasteiger partial charge in [-0.1, -0.05) is 15.9 Å². The third-order valence-electron chi connectivity index (χ3n) is 1.81. The number of halogens is 1. The van der Waals surface area contributed by atoms with E-state index < -0.39 is 0 Å². The third-order valence-corrected chi connectivity index (χ3v) is 2.99. The summed E-state index contributed by atoms with van der Waals surface area (Å²) >= 11 is 3.42. The zero-order chi connectivity index (χ0) is 9.84. The Morgan fingerprint density at radius 3 is 2.92 bits per heavy atom. The monoisotopic (exact) mass is 246 g/mol. The van der Waals surface area contributed by atoms with Crippen LogP contribution in [-0.2, 0) is 9.53 Å². The van der Waals surface area contributed by atoms with Crippen LogP contribution in [0.5, 0.6) is 0 Å². The molecular weight excluding hydrogens is 236 g/mol. The number of H-pyrrole nitrogens is 1. The second kappa shape index (κ2) is 4.41. The van der Waals surface area contributed by atoms with Gasteiger partial charge in [0.1, 0.15) is 6.10 Å². The summed E-state index contributed by atoms with van der Waals surface area (Å²) in [6.45, 7) is 4.17. The summed E-state index contributed by atoms with van der Waals surface area (Å²) in [6.07, 6.45) is 1.39. The third kappa shape index (κ3) is 2.30. The van der Waals surface area contributed by atoms with E-state index in [9.17, 15) is 4.79 Å². The van der Waals surface area contributed by atoms with Crippen LogP contribution in [0, 0.1) is 6.92 Å². The van der Waals surface area contributed by atoms with Crippen LogP contribution >= 0.6 is 15.9 Å². The summed E-state index contributed by atoms with van der Waals surface area (Å²) in [6, 6.07) is 0. The molecule has 1 N–H and O–H groups in total. The molecule has 0 saturated heterocycles. The van der Waals surface area contributed by atoms with E-state index in [2.05, 4.69) is 25.9 Å². The Kier molecular flexibility index (Phi) is 3.48. The number of nitrogens with one attached hydrogen (secondary N) is 1. The number of carbonyl (C=O) groups is 1. The molecule has 13 heavy (non-hydrogen) atoms. The second-order valence-corrected chi connectivity index (χ2v) is 3.74. The van der Waals surface area contributed by atoms with Crippen molar-refractivity contribution in [1.82, 2.24) is 9.97 Å². The molecule has 0 spiro atoms. The minimum absolute atomic E-state index is 0.0658. The number of carbonyl (C=O) groups excluding carboxylic acids is 1. The largest absolute Gasteiger partial charge is 0.463 e. The zero-order valence-corrected chi connectivity index (χ0v) is 9.04. The van der Waals surface area contributed by atoms with E-state index in [-0.39, 0.29) is 10.9 Å². The number of rotatable bonds is 4. The maximum Gasteiger partial charge on any atom is 0.293 e. The van der Waals surface area contributed by atoms with E-state index in [1.54, 1.807) is 6.33 Å². The van der Waals surface area contributed by atoms with E-state index >= 15 is 0 Å². The average Bonchev–Trinajstić information content (AvgIpc) is 2.50. The zero-order valence-electron chi connectivity index (χ0n) is 7.45. The van der Waals surface area contributed by atoms with Gasteiger partial charge in [0.05, 0.1) is 16.8 Å². The second-order valence-electron chi connectivity index (χ2n) is 2.75. The van der Waals surface area contributed by atoms with Gasteiger partial charge in [-0.2, -0.15) is 0 Å². The van der Waals surface area contributed by atoms with Crippen LogP contribution in [0.25, 0.3) is 0 Å². The van der Waals surface area contributed by atoms with Crippen molar-refractivity contribution in [3.05, 3.63) is 17.7 Å². The summed E-state index contributed by atoms with van der Waals surface area (Å²) in [4.78, 5) is 17.1. The first-order valence-corrected chi connectivity index (χ1v) is 4.81. The van der Waals surface area contributed by atoms with Gasteiger partial charge in [0, 0.05) is 5.69 Å². The molecule has 1 rings (SSSR count). The van der Waals surface area contributed by atoms with Gasteiger partial charge in [-0.3, -0.25) is 4.79 Å². The Morgan fingerprint density at radius 2 is 2.46 bits per heavy atom. The van der Waals surface area contributed by atoms with E-state index in [0.29, 0.717) is 6.47 Å². The maximum absolute atomic E-state index is 10.1. The molecule has 0 aliphatic rings. The fraction of sp³-hybridized carbons (Fsp3) is 0.500. The van der Waals surface area contributed by atoms with Crippen molar-refractivity contribution in [2.75, 3.05) is 0 Å². The molecule has 0 bridgehead atoms. The van der Waals surface area contributed by atoms with Crippen LogP contribution in [0.15, 0.2) is 6.33 Å². The van der Waals surface area contributed by atoms with Crippen LogP contribution in [0.4, 0.5) is 0 Å². The molecule has 1 aromatic heterocycles. The number of aromatic nitrogens is 2. The molecule has 0 aliphatic heterocycles. The van der Waals surface area contributed by atoms with Gasteiger partial charge in [0.25, 0.3) is 6.47 Å². The van der Waals surface area contributed by atoms with E-state index in [0.717, 1.165) is 11.4 Å². The number of aryl methyl sites for hydroxylation is 1. The van der Waals surface area contributed by atoms with Crippen molar-refractivity contribution in [3.8, 4) is 0 Å². The van der Waals surface area contributed by atoms with Crippen molar-refractivity contribution in [2.45, 2.75) is 24.8 Å². The highest BCUT2D eigenvalue weighted by atomic mass is 79.9. The fourth-order valence-electron chi connectivity index (χ4n) is 1.03. The summed E-state index contributed by atoms with van der Waals surface area (Å²) in [5.74, 6) is 0. The maximum atomic E-state index is 10.1. The molecule has 2 atom stereocenters. The van der Waals surface area contributed by atoms with Crippen LogP contribution in [0.2, 0.25) is 0 Å². The van der Waals surface area contributed by atoms with Gasteiger partial charge < -0.3 is 9.72 Å². The topological polar surface area (TPSA) is 55.0 Å². The lowest BCUT2D eigenvalue weighted by atomic mass is 10.2. The smallest absolute Gasteiger partial charge is 0.293 e. The van der Waals surface area contributed by atoms with Gasteiger partial charge in [-0.25, -0.2) is 4.98 Å². The van der Waals surface area contributed by atoms with Gasteiger partial charge in [-0.05, 0) is 13.8 Å². The molecule has 0 saturated carbocycles. The Morgan fingerprint density at radius 1 is 1.77 bits per heavy atom. The van der Waals surface area contributed by atoms with Crippen LogP contribution in [-0.4, -0.2) is 22.5 Å². The number of imidazole rings is 1. The molecule has 1 aromatic rings. The lowest BCUT2D eigenvalue weighted by molar-refractivity contribution is -0.132. The lowest BCUT2D eigenvalue weighted by Crippen LogP contribution is -2.14. The number of nitrogens with zero attached hydrogens (tertiary/aromatic N) is 1. The molecule has 0 aromatic carbocycles. The lowest BCUT2D eigenvalue weighted by Gasteiger charge is -2.15. The molecule has 1 heterocycles. The molecule has 0 radical (unpaired) electrons. The molecule has 72 valence electrons. The molecule has 5 heteroatoms. The summed E-state index contributed by atoms with van der Waals surface area (Å²) < 4.78 is 4.80. The minimum atomic E-state index is -0.223. The van der Waals surface area contributed by atoms with Crippen molar-refractivity contribution in [3.63, 3.8) is 0 Å². The number of alkyl halides is 1. The number of ether oxygens (including phenoxy) is 1. The highest BCUT2D eigenvalue weighted by Crippen LogP contribution is 2.27. The Labute approximate surface area is 84.8 Å². The SMILES string of the molecule is Cc1[nH]cnc1C(Br)C(C)OC=O. The average molecular weight is 247 g/mol. The Balaban J connectivity index is 2.72. The number of hydrogen-bond donors (Lipinski definition) is 1. The first-order chi connectivity index (χ1) is 6.16. The van der Waals surface area contributed by atoms with Gasteiger partial charge in [-0.15, -0.1) is 0 Å². The Bertz CT molecular complexity index is 287. The summed E-state index contributed by atoms with van der Waals surface area (Å²) in [7, 11) is 0. The van der Waals surface area contributed by atoms with E-state index in [4.69, 9.17) is 4.74 Å². The van der Waals surface area contributed by atoms with Crippen molar-refractivity contribution >= 4 is 22.4 Å². The Hall–Kier alpha value is -0.840. The van der Waals surface area contributed by atoms with Crippen LogP contribution in [0.3, 0.4) is 0 Å². The normalized spacial score (nSPS) is 15.0. The number of aromatic amines is 1. The van der Waals surface area contributed by atoms with E-state index in [1.165, 1.54) is 0 Å². The van der Waals surface area contributed by atoms with Gasteiger partial charge in [0.2, 0.25) is 0 Å². The van der Waals surface area contributed by atoms with Gasteiger partial charge >= 0.3 is 0 Å². The van der Waals surface area contributed by atoms with E-state index in [1.807, 2.05) is 13.8 Å². The van der Waals surface area contributed by atoms with Crippen molar-refractivity contribution < 1.29 is 9.53 Å². The minimum Gasteiger partial charge on any atom is -0.463 e.